The molecular formula is C19H23N3O9. The van der Waals surface area contributed by atoms with E-state index in [0.717, 1.165) is 13.8 Å². The van der Waals surface area contributed by atoms with Crippen molar-refractivity contribution in [3.05, 3.63) is 34.7 Å². The van der Waals surface area contributed by atoms with E-state index >= 15 is 0 Å². The van der Waals surface area contributed by atoms with E-state index in [0.29, 0.717) is 11.5 Å². The average molecular weight is 437 g/mol. The summed E-state index contributed by atoms with van der Waals surface area (Å²) in [6.07, 6.45) is -4.78. The van der Waals surface area contributed by atoms with Gasteiger partial charge in [-0.25, -0.2) is 0 Å². The molecule has 0 aromatic heterocycles. The van der Waals surface area contributed by atoms with E-state index < -0.39 is 48.6 Å². The van der Waals surface area contributed by atoms with Gasteiger partial charge in [-0.15, -0.1) is 0 Å². The van der Waals surface area contributed by atoms with E-state index in [1.54, 1.807) is 24.3 Å². The predicted octanol–water partition coefficient (Wildman–Crippen LogP) is 1.90. The number of carbonyl (C=O) groups excluding carboxylic acids is 3. The Morgan fingerprint density at radius 3 is 2.10 bits per heavy atom. The first-order valence-electron chi connectivity index (χ1n) is 9.23. The summed E-state index contributed by atoms with van der Waals surface area (Å²) in [4.78, 5) is 37.4. The lowest BCUT2D eigenvalue weighted by Crippen LogP contribution is -2.62. The highest BCUT2D eigenvalue weighted by Gasteiger charge is 2.51. The zero-order chi connectivity index (χ0) is 23.0. The van der Waals surface area contributed by atoms with Crippen molar-refractivity contribution < 1.29 is 42.8 Å². The predicted molar refractivity (Wildman–Crippen MR) is 103 cm³/mol. The fourth-order valence-corrected chi connectivity index (χ4v) is 2.95. The maximum absolute atomic E-state index is 11.7. The Morgan fingerprint density at radius 2 is 1.58 bits per heavy atom. The number of azide groups is 1. The molecule has 0 spiro atoms. The molecule has 1 aliphatic rings. The van der Waals surface area contributed by atoms with Crippen molar-refractivity contribution in [3.8, 4) is 11.5 Å². The molecule has 0 radical (unpaired) electrons. The molecule has 0 bridgehead atoms. The van der Waals surface area contributed by atoms with Crippen LogP contribution in [0.2, 0.25) is 0 Å². The number of methoxy groups -OCH3 is 1. The highest BCUT2D eigenvalue weighted by molar-refractivity contribution is 5.68. The van der Waals surface area contributed by atoms with Crippen molar-refractivity contribution in [1.82, 2.24) is 0 Å². The van der Waals surface area contributed by atoms with Gasteiger partial charge >= 0.3 is 17.9 Å². The fourth-order valence-electron chi connectivity index (χ4n) is 2.95. The molecule has 168 valence electrons. The van der Waals surface area contributed by atoms with Crippen molar-refractivity contribution in [2.24, 2.45) is 5.11 Å². The zero-order valence-electron chi connectivity index (χ0n) is 17.4. The van der Waals surface area contributed by atoms with E-state index in [9.17, 15) is 14.4 Å². The minimum atomic E-state index is -1.25. The quantitative estimate of drug-likeness (QED) is 0.195. The number of nitrogens with zero attached hydrogens (tertiary/aromatic N) is 3. The number of rotatable bonds is 8. The fraction of sp³-hybridized carbons (Fsp3) is 0.526. The molecule has 1 heterocycles. The Labute approximate surface area is 177 Å². The SMILES string of the molecule is COc1ccc(O[C@@H]2O[C@H](COC(C)=O)[C@H](OC(C)=O)[C@H](OC(C)=O)[C@H]2N=[N+]=[N-])cc1. The summed E-state index contributed by atoms with van der Waals surface area (Å²) in [5.74, 6) is -1.09. The Balaban J connectivity index is 2.40. The highest BCUT2D eigenvalue weighted by Crippen LogP contribution is 2.31. The monoisotopic (exact) mass is 437 g/mol. The number of hydrogen-bond acceptors (Lipinski definition) is 10. The number of esters is 3. The van der Waals surface area contributed by atoms with Gasteiger partial charge in [0.25, 0.3) is 0 Å². The van der Waals surface area contributed by atoms with Crippen molar-refractivity contribution in [1.29, 1.82) is 0 Å². The van der Waals surface area contributed by atoms with Gasteiger partial charge in [-0.3, -0.25) is 14.4 Å². The highest BCUT2D eigenvalue weighted by atomic mass is 16.7. The van der Waals surface area contributed by atoms with Gasteiger partial charge in [0.05, 0.1) is 7.11 Å². The van der Waals surface area contributed by atoms with Crippen LogP contribution in [0.25, 0.3) is 10.4 Å². The molecule has 1 fully saturated rings. The number of benzene rings is 1. The summed E-state index contributed by atoms with van der Waals surface area (Å²) >= 11 is 0. The maximum Gasteiger partial charge on any atom is 0.303 e. The zero-order valence-corrected chi connectivity index (χ0v) is 17.4. The first kappa shape index (κ1) is 23.8. The van der Waals surface area contributed by atoms with Crippen molar-refractivity contribution >= 4 is 17.9 Å². The largest absolute Gasteiger partial charge is 0.497 e. The van der Waals surface area contributed by atoms with Gasteiger partial charge in [-0.1, -0.05) is 5.11 Å². The van der Waals surface area contributed by atoms with Gasteiger partial charge in [-0.05, 0) is 29.8 Å². The Morgan fingerprint density at radius 1 is 1.00 bits per heavy atom. The molecule has 0 unspecified atom stereocenters. The molecule has 31 heavy (non-hydrogen) atoms. The summed E-state index contributed by atoms with van der Waals surface area (Å²) < 4.78 is 32.3. The standard InChI is InChI=1S/C19H23N3O9/c1-10(23)27-9-15-17(28-11(2)24)18(29-12(3)25)16(21-22-20)19(31-15)30-14-7-5-13(26-4)6-8-14/h5-8,15-19H,9H2,1-4H3/t15-,16-,17+,18-,19-/m1/s1. The third kappa shape index (κ3) is 6.76. The molecule has 1 aliphatic heterocycles. The van der Waals surface area contributed by atoms with Gasteiger partial charge in [0.15, 0.2) is 12.2 Å². The third-order valence-corrected chi connectivity index (χ3v) is 4.17. The number of hydrogen-bond donors (Lipinski definition) is 0. The van der Waals surface area contributed by atoms with Crippen LogP contribution in [0, 0.1) is 0 Å². The first-order chi connectivity index (χ1) is 14.7. The van der Waals surface area contributed by atoms with E-state index in [4.69, 9.17) is 34.0 Å². The van der Waals surface area contributed by atoms with Crippen LogP contribution < -0.4 is 9.47 Å². The van der Waals surface area contributed by atoms with Crippen LogP contribution in [0.4, 0.5) is 0 Å². The summed E-state index contributed by atoms with van der Waals surface area (Å²) in [6, 6.07) is 5.25. The second-order valence-electron chi connectivity index (χ2n) is 6.48. The molecule has 0 aliphatic carbocycles. The van der Waals surface area contributed by atoms with Crippen LogP contribution in [-0.2, 0) is 33.3 Å². The third-order valence-electron chi connectivity index (χ3n) is 4.17. The summed E-state index contributed by atoms with van der Waals surface area (Å²) in [7, 11) is 1.51. The lowest BCUT2D eigenvalue weighted by atomic mass is 9.96. The van der Waals surface area contributed by atoms with Crippen LogP contribution in [0.3, 0.4) is 0 Å². The van der Waals surface area contributed by atoms with Crippen LogP contribution in [0.1, 0.15) is 20.8 Å². The topological polar surface area (TPSA) is 155 Å². The van der Waals surface area contributed by atoms with Crippen molar-refractivity contribution in [2.75, 3.05) is 13.7 Å². The molecule has 1 aromatic carbocycles. The molecule has 1 saturated heterocycles. The molecule has 0 saturated carbocycles. The van der Waals surface area contributed by atoms with Crippen LogP contribution in [0.15, 0.2) is 29.4 Å². The van der Waals surface area contributed by atoms with E-state index in [1.807, 2.05) is 0 Å². The van der Waals surface area contributed by atoms with E-state index in [1.165, 1.54) is 14.0 Å². The summed E-state index contributed by atoms with van der Waals surface area (Å²) in [6.45, 7) is 3.17. The van der Waals surface area contributed by atoms with Gasteiger partial charge < -0.3 is 28.4 Å². The molecule has 12 nitrogen and oxygen atoms in total. The van der Waals surface area contributed by atoms with Crippen LogP contribution in [0.5, 0.6) is 11.5 Å². The van der Waals surface area contributed by atoms with Gasteiger partial charge in [0.2, 0.25) is 6.29 Å². The molecule has 1 aromatic rings. The molecule has 0 N–H and O–H groups in total. The molecule has 5 atom stereocenters. The lowest BCUT2D eigenvalue weighted by Gasteiger charge is -2.43. The molecule has 0 amide bonds. The molecular weight excluding hydrogens is 414 g/mol. The van der Waals surface area contributed by atoms with E-state index in [-0.39, 0.29) is 6.61 Å². The van der Waals surface area contributed by atoms with Crippen molar-refractivity contribution in [2.45, 2.75) is 51.4 Å². The van der Waals surface area contributed by atoms with Gasteiger partial charge in [0.1, 0.15) is 30.3 Å². The minimum absolute atomic E-state index is 0.323. The molecule has 2 rings (SSSR count). The smallest absolute Gasteiger partial charge is 0.303 e. The van der Waals surface area contributed by atoms with Crippen LogP contribution >= 0.6 is 0 Å². The Bertz CT molecular complexity index is 839. The van der Waals surface area contributed by atoms with E-state index in [2.05, 4.69) is 10.0 Å². The first-order valence-corrected chi connectivity index (χ1v) is 9.23. The Hall–Kier alpha value is -3.50. The van der Waals surface area contributed by atoms with Gasteiger partial charge in [0, 0.05) is 25.7 Å². The van der Waals surface area contributed by atoms with Crippen LogP contribution in [-0.4, -0.2) is 62.3 Å². The van der Waals surface area contributed by atoms with Crippen molar-refractivity contribution in [3.63, 3.8) is 0 Å². The summed E-state index contributed by atoms with van der Waals surface area (Å²) in [5, 5.41) is 3.65. The maximum atomic E-state index is 11.7. The minimum Gasteiger partial charge on any atom is -0.497 e. The lowest BCUT2D eigenvalue weighted by molar-refractivity contribution is -0.253. The Kier molecular flexibility index (Phi) is 8.47. The second-order valence-corrected chi connectivity index (χ2v) is 6.48. The molecule has 12 heteroatoms. The number of carbonyl (C=O) groups is 3. The van der Waals surface area contributed by atoms with Gasteiger partial charge in [-0.2, -0.15) is 0 Å². The normalized spacial score (nSPS) is 24.8. The number of ether oxygens (including phenoxy) is 6. The second kappa shape index (κ2) is 11.0. The average Bonchev–Trinajstić information content (AvgIpc) is 2.70. The summed E-state index contributed by atoms with van der Waals surface area (Å²) in [5.41, 5.74) is 9.05.